The van der Waals surface area contributed by atoms with Gasteiger partial charge >= 0.3 is 0 Å². The van der Waals surface area contributed by atoms with Gasteiger partial charge in [0.15, 0.2) is 0 Å². The van der Waals surface area contributed by atoms with Crippen molar-refractivity contribution < 1.29 is 4.39 Å². The van der Waals surface area contributed by atoms with E-state index in [9.17, 15) is 4.39 Å². The van der Waals surface area contributed by atoms with Crippen molar-refractivity contribution >= 4 is 27.0 Å². The Morgan fingerprint density at radius 2 is 2.27 bits per heavy atom. The number of benzene rings is 1. The van der Waals surface area contributed by atoms with Gasteiger partial charge in [-0.25, -0.2) is 4.39 Å². The number of nitrogens with zero attached hydrogens (tertiary/aromatic N) is 2. The second-order valence-electron chi connectivity index (χ2n) is 2.07. The predicted molar refractivity (Wildman–Crippen MR) is 41.5 cm³/mol. The summed E-state index contributed by atoms with van der Waals surface area (Å²) in [6.45, 7) is 0. The lowest BCUT2D eigenvalue weighted by Gasteiger charge is -1.91. The molecule has 0 aliphatic rings. The van der Waals surface area contributed by atoms with Gasteiger partial charge in [0.05, 0.1) is 9.99 Å². The summed E-state index contributed by atoms with van der Waals surface area (Å²) in [6.07, 6.45) is 0. The summed E-state index contributed by atoms with van der Waals surface area (Å²) in [6, 6.07) is 2.95. The van der Waals surface area contributed by atoms with Gasteiger partial charge in [-0.2, -0.15) is 0 Å². The minimum Gasteiger partial charge on any atom is -0.257 e. The summed E-state index contributed by atoms with van der Waals surface area (Å²) in [5, 5.41) is 9.85. The highest BCUT2D eigenvalue weighted by Crippen LogP contribution is 2.22. The number of aromatic amines is 1. The van der Waals surface area contributed by atoms with Crippen LogP contribution in [-0.2, 0) is 0 Å². The van der Waals surface area contributed by atoms with Gasteiger partial charge in [-0.1, -0.05) is 5.21 Å². The van der Waals surface area contributed by atoms with Crippen LogP contribution in [-0.4, -0.2) is 15.4 Å². The van der Waals surface area contributed by atoms with Gasteiger partial charge in [-0.15, -0.1) is 5.10 Å². The van der Waals surface area contributed by atoms with Crippen molar-refractivity contribution in [2.75, 3.05) is 0 Å². The van der Waals surface area contributed by atoms with E-state index in [2.05, 4.69) is 31.3 Å². The quantitative estimate of drug-likeness (QED) is 0.730. The van der Waals surface area contributed by atoms with E-state index in [1.54, 1.807) is 6.07 Å². The maximum Gasteiger partial charge on any atom is 0.139 e. The molecule has 11 heavy (non-hydrogen) atoms. The molecule has 2 rings (SSSR count). The number of nitrogens with one attached hydrogen (secondary N) is 1. The van der Waals surface area contributed by atoms with Crippen LogP contribution in [0.3, 0.4) is 0 Å². The number of aromatic nitrogens is 3. The van der Waals surface area contributed by atoms with Gasteiger partial charge in [0, 0.05) is 0 Å². The molecule has 0 aliphatic carbocycles. The van der Waals surface area contributed by atoms with Gasteiger partial charge in [0.1, 0.15) is 11.3 Å². The van der Waals surface area contributed by atoms with Crippen molar-refractivity contribution in [1.82, 2.24) is 15.4 Å². The topological polar surface area (TPSA) is 41.6 Å². The molecule has 0 bridgehead atoms. The molecule has 3 nitrogen and oxygen atoms in total. The van der Waals surface area contributed by atoms with Crippen molar-refractivity contribution in [2.24, 2.45) is 0 Å². The Morgan fingerprint density at radius 3 is 3.09 bits per heavy atom. The van der Waals surface area contributed by atoms with Crippen molar-refractivity contribution in [3.05, 3.63) is 22.4 Å². The molecule has 56 valence electrons. The van der Waals surface area contributed by atoms with Crippen molar-refractivity contribution in [2.45, 2.75) is 0 Å². The first-order chi connectivity index (χ1) is 5.29. The van der Waals surface area contributed by atoms with E-state index in [0.717, 1.165) is 5.52 Å². The van der Waals surface area contributed by atoms with Crippen molar-refractivity contribution in [3.63, 3.8) is 0 Å². The van der Waals surface area contributed by atoms with E-state index in [4.69, 9.17) is 0 Å². The molecule has 2 aromatic rings. The van der Waals surface area contributed by atoms with Crippen LogP contribution in [0.1, 0.15) is 0 Å². The molecule has 0 fully saturated rings. The first-order valence-corrected chi connectivity index (χ1v) is 3.73. The van der Waals surface area contributed by atoms with Crippen LogP contribution in [0.15, 0.2) is 16.6 Å². The van der Waals surface area contributed by atoms with Crippen molar-refractivity contribution in [1.29, 1.82) is 0 Å². The Morgan fingerprint density at radius 1 is 1.45 bits per heavy atom. The van der Waals surface area contributed by atoms with Crippen LogP contribution in [0.2, 0.25) is 0 Å². The Balaban J connectivity index is 2.93. The zero-order chi connectivity index (χ0) is 7.84. The van der Waals surface area contributed by atoms with E-state index < -0.39 is 0 Å². The molecular formula is C6H3BrFN3. The average molecular weight is 216 g/mol. The molecule has 0 aliphatic heterocycles. The zero-order valence-corrected chi connectivity index (χ0v) is 6.89. The molecule has 0 amide bonds. The smallest absolute Gasteiger partial charge is 0.139 e. The lowest BCUT2D eigenvalue weighted by atomic mass is 10.3. The van der Waals surface area contributed by atoms with E-state index in [1.807, 2.05) is 0 Å². The molecular weight excluding hydrogens is 213 g/mol. The lowest BCUT2D eigenvalue weighted by Crippen LogP contribution is -1.78. The SMILES string of the molecule is Fc1ccc2[nH]nnc2c1Br. The van der Waals surface area contributed by atoms with Crippen molar-refractivity contribution in [3.8, 4) is 0 Å². The maximum atomic E-state index is 12.8. The molecule has 1 aromatic carbocycles. The number of fused-ring (bicyclic) bond motifs is 1. The minimum atomic E-state index is -0.327. The molecule has 5 heteroatoms. The summed E-state index contributed by atoms with van der Waals surface area (Å²) >= 11 is 3.06. The van der Waals surface area contributed by atoms with Gasteiger partial charge in [0.25, 0.3) is 0 Å². The van der Waals surface area contributed by atoms with Crippen LogP contribution in [0.25, 0.3) is 11.0 Å². The molecule has 1 aromatic heterocycles. The Bertz CT molecular complexity index is 398. The predicted octanol–water partition coefficient (Wildman–Crippen LogP) is 1.86. The average Bonchev–Trinajstić information content (AvgIpc) is 2.45. The van der Waals surface area contributed by atoms with Crippen LogP contribution in [0, 0.1) is 5.82 Å². The van der Waals surface area contributed by atoms with Gasteiger partial charge in [-0.05, 0) is 28.1 Å². The van der Waals surface area contributed by atoms with Crippen LogP contribution in [0.4, 0.5) is 4.39 Å². The van der Waals surface area contributed by atoms with E-state index in [-0.39, 0.29) is 5.82 Å². The van der Waals surface area contributed by atoms with Gasteiger partial charge in [0.2, 0.25) is 0 Å². The highest BCUT2D eigenvalue weighted by atomic mass is 79.9. The second-order valence-corrected chi connectivity index (χ2v) is 2.86. The lowest BCUT2D eigenvalue weighted by molar-refractivity contribution is 0.623. The number of hydrogen-bond donors (Lipinski definition) is 1. The fraction of sp³-hybridized carbons (Fsp3) is 0. The third-order valence-electron chi connectivity index (χ3n) is 1.39. The number of rotatable bonds is 0. The Labute approximate surface area is 69.7 Å². The Kier molecular flexibility index (Phi) is 1.38. The van der Waals surface area contributed by atoms with E-state index in [0.29, 0.717) is 9.99 Å². The Hall–Kier alpha value is -0.970. The summed E-state index contributed by atoms with van der Waals surface area (Å²) in [5.41, 5.74) is 1.24. The second kappa shape index (κ2) is 2.27. The third kappa shape index (κ3) is 0.920. The number of halogens is 2. The highest BCUT2D eigenvalue weighted by Gasteiger charge is 2.06. The fourth-order valence-electron chi connectivity index (χ4n) is 0.857. The molecule has 0 spiro atoms. The fourth-order valence-corrected chi connectivity index (χ4v) is 1.28. The first-order valence-electron chi connectivity index (χ1n) is 2.94. The number of hydrogen-bond acceptors (Lipinski definition) is 2. The molecule has 1 heterocycles. The summed E-state index contributed by atoms with van der Waals surface area (Å²) in [7, 11) is 0. The zero-order valence-electron chi connectivity index (χ0n) is 5.31. The third-order valence-corrected chi connectivity index (χ3v) is 2.14. The molecule has 0 radical (unpaired) electrons. The molecule has 1 N–H and O–H groups in total. The summed E-state index contributed by atoms with van der Waals surface area (Å²) in [4.78, 5) is 0. The standard InChI is InChI=1S/C6H3BrFN3/c7-5-3(8)1-2-4-6(5)10-11-9-4/h1-2H,(H,9,10,11). The van der Waals surface area contributed by atoms with Crippen LogP contribution >= 0.6 is 15.9 Å². The largest absolute Gasteiger partial charge is 0.257 e. The van der Waals surface area contributed by atoms with E-state index >= 15 is 0 Å². The molecule has 0 saturated carbocycles. The molecule has 0 atom stereocenters. The maximum absolute atomic E-state index is 12.8. The van der Waals surface area contributed by atoms with Gasteiger partial charge in [-0.3, -0.25) is 5.10 Å². The molecule has 0 unspecified atom stereocenters. The van der Waals surface area contributed by atoms with Crippen LogP contribution in [0.5, 0.6) is 0 Å². The normalized spacial score (nSPS) is 10.7. The number of H-pyrrole nitrogens is 1. The molecule has 0 saturated heterocycles. The summed E-state index contributed by atoms with van der Waals surface area (Å²) in [5.74, 6) is -0.327. The van der Waals surface area contributed by atoms with Crippen LogP contribution < -0.4 is 0 Å². The first kappa shape index (κ1) is 6.72. The monoisotopic (exact) mass is 215 g/mol. The highest BCUT2D eigenvalue weighted by molar-refractivity contribution is 9.10. The summed E-state index contributed by atoms with van der Waals surface area (Å²) < 4.78 is 13.1. The van der Waals surface area contributed by atoms with E-state index in [1.165, 1.54) is 6.07 Å². The van der Waals surface area contributed by atoms with Gasteiger partial charge < -0.3 is 0 Å². The minimum absolute atomic E-state index is 0.327.